The summed E-state index contributed by atoms with van der Waals surface area (Å²) in [6, 6.07) is 4.93. The predicted octanol–water partition coefficient (Wildman–Crippen LogP) is 4.26. The van der Waals surface area contributed by atoms with Crippen LogP contribution in [-0.2, 0) is 9.53 Å². The summed E-state index contributed by atoms with van der Waals surface area (Å²) in [5, 5.41) is 4.71. The summed E-state index contributed by atoms with van der Waals surface area (Å²) in [5.74, 6) is -6.21. The Morgan fingerprint density at radius 1 is 1.20 bits per heavy atom. The number of aromatic nitrogens is 1. The van der Waals surface area contributed by atoms with Crippen molar-refractivity contribution in [2.75, 3.05) is 12.4 Å². The fourth-order valence-corrected chi connectivity index (χ4v) is 3.98. The lowest BCUT2D eigenvalue weighted by atomic mass is 9.77. The Kier molecular flexibility index (Phi) is 7.29. The average molecular weight is 505 g/mol. The Morgan fingerprint density at radius 2 is 1.89 bits per heavy atom. The molecule has 1 aromatic heterocycles. The minimum absolute atomic E-state index is 0.0300. The maximum atomic E-state index is 14.0. The van der Waals surface area contributed by atoms with E-state index in [0.717, 1.165) is 26.0 Å². The minimum Gasteiger partial charge on any atom is -0.434 e. The lowest BCUT2D eigenvalue weighted by Crippen LogP contribution is -2.47. The number of alkyl halides is 5. The van der Waals surface area contributed by atoms with Crippen molar-refractivity contribution in [2.45, 2.75) is 44.3 Å². The van der Waals surface area contributed by atoms with Gasteiger partial charge in [-0.3, -0.25) is 14.6 Å². The van der Waals surface area contributed by atoms with E-state index < -0.39 is 59.7 Å². The van der Waals surface area contributed by atoms with Gasteiger partial charge in [0.2, 0.25) is 0 Å². The molecular weight excluding hydrogens is 484 g/mol. The van der Waals surface area contributed by atoms with Gasteiger partial charge in [0, 0.05) is 42.4 Å². The van der Waals surface area contributed by atoms with Crippen molar-refractivity contribution in [1.29, 1.82) is 0 Å². The van der Waals surface area contributed by atoms with Gasteiger partial charge in [0.15, 0.2) is 5.60 Å². The quantitative estimate of drug-likeness (QED) is 0.573. The SMILES string of the molecule is CNC(=O)c1cc(NC(=O)[C@@H]2O[C@@](C)(C(F)(F)F)[C@@H](C)[C@H]2c2ccc(F)cc2OC(F)F)ccn1. The monoisotopic (exact) mass is 505 g/mol. The molecule has 2 N–H and O–H groups in total. The second-order valence-corrected chi connectivity index (χ2v) is 8.02. The average Bonchev–Trinajstić information content (AvgIpc) is 3.05. The number of hydrogen-bond donors (Lipinski definition) is 2. The molecule has 1 aromatic carbocycles. The minimum atomic E-state index is -4.94. The number of hydrogen-bond acceptors (Lipinski definition) is 5. The third-order valence-corrected chi connectivity index (χ3v) is 5.96. The van der Waals surface area contributed by atoms with Crippen molar-refractivity contribution in [2.24, 2.45) is 5.92 Å². The highest BCUT2D eigenvalue weighted by Crippen LogP contribution is 2.54. The van der Waals surface area contributed by atoms with Crippen LogP contribution in [0.3, 0.4) is 0 Å². The zero-order valence-electron chi connectivity index (χ0n) is 18.6. The molecule has 1 aliphatic heterocycles. The maximum Gasteiger partial charge on any atom is 0.417 e. The number of nitrogens with one attached hydrogen (secondary N) is 2. The van der Waals surface area contributed by atoms with E-state index in [-0.39, 0.29) is 16.9 Å². The molecule has 190 valence electrons. The van der Waals surface area contributed by atoms with E-state index in [9.17, 15) is 35.9 Å². The third-order valence-electron chi connectivity index (χ3n) is 5.96. The number of benzene rings is 1. The fourth-order valence-electron chi connectivity index (χ4n) is 3.98. The number of amides is 2. The van der Waals surface area contributed by atoms with Gasteiger partial charge in [-0.15, -0.1) is 0 Å². The smallest absolute Gasteiger partial charge is 0.417 e. The van der Waals surface area contributed by atoms with Crippen LogP contribution in [0.15, 0.2) is 36.5 Å². The predicted molar refractivity (Wildman–Crippen MR) is 111 cm³/mol. The van der Waals surface area contributed by atoms with Crippen LogP contribution < -0.4 is 15.4 Å². The number of carbonyl (C=O) groups excluding carboxylic acids is 2. The molecule has 0 radical (unpaired) electrons. The van der Waals surface area contributed by atoms with Gasteiger partial charge in [0.05, 0.1) is 0 Å². The summed E-state index contributed by atoms with van der Waals surface area (Å²) in [4.78, 5) is 28.7. The summed E-state index contributed by atoms with van der Waals surface area (Å²) in [5.41, 5.74) is -3.15. The van der Waals surface area contributed by atoms with Crippen molar-refractivity contribution >= 4 is 17.5 Å². The van der Waals surface area contributed by atoms with Crippen LogP contribution in [0.2, 0.25) is 0 Å². The molecule has 0 saturated carbocycles. The lowest BCUT2D eigenvalue weighted by Gasteiger charge is -2.32. The van der Waals surface area contributed by atoms with Crippen molar-refractivity contribution in [1.82, 2.24) is 10.3 Å². The molecular formula is C22H21F6N3O4. The second kappa shape index (κ2) is 9.72. The highest BCUT2D eigenvalue weighted by Gasteiger charge is 2.65. The number of ether oxygens (including phenoxy) is 2. The molecule has 2 amide bonds. The molecule has 2 aromatic rings. The Balaban J connectivity index is 2.04. The van der Waals surface area contributed by atoms with E-state index in [1.807, 2.05) is 0 Å². The molecule has 13 heteroatoms. The molecule has 1 fully saturated rings. The third kappa shape index (κ3) is 5.19. The number of anilines is 1. The van der Waals surface area contributed by atoms with Crippen molar-refractivity contribution in [3.63, 3.8) is 0 Å². The number of halogens is 6. The fraction of sp³-hybridized carbons (Fsp3) is 0.409. The summed E-state index contributed by atoms with van der Waals surface area (Å²) >= 11 is 0. The summed E-state index contributed by atoms with van der Waals surface area (Å²) in [6.07, 6.45) is -5.57. The van der Waals surface area contributed by atoms with E-state index in [1.165, 1.54) is 25.4 Å². The molecule has 0 bridgehead atoms. The normalized spacial score (nSPS) is 24.3. The Labute approximate surface area is 195 Å². The van der Waals surface area contributed by atoms with Gasteiger partial charge < -0.3 is 20.1 Å². The molecule has 0 unspecified atom stereocenters. The first kappa shape index (κ1) is 26.3. The van der Waals surface area contributed by atoms with Crippen LogP contribution in [0, 0.1) is 11.7 Å². The van der Waals surface area contributed by atoms with Crippen molar-refractivity contribution in [3.8, 4) is 5.75 Å². The molecule has 1 saturated heterocycles. The Hall–Kier alpha value is -3.35. The van der Waals surface area contributed by atoms with E-state index in [1.54, 1.807) is 0 Å². The van der Waals surface area contributed by atoms with Crippen LogP contribution in [0.1, 0.15) is 35.8 Å². The van der Waals surface area contributed by atoms with Gasteiger partial charge in [-0.1, -0.05) is 13.0 Å². The van der Waals surface area contributed by atoms with E-state index >= 15 is 0 Å². The zero-order valence-corrected chi connectivity index (χ0v) is 18.6. The van der Waals surface area contributed by atoms with Gasteiger partial charge >= 0.3 is 12.8 Å². The Morgan fingerprint density at radius 3 is 2.49 bits per heavy atom. The first-order valence-electron chi connectivity index (χ1n) is 10.3. The lowest BCUT2D eigenvalue weighted by molar-refractivity contribution is -0.272. The molecule has 3 rings (SSSR count). The standard InChI is InChI=1S/C22H21F6N3O4/c1-10-16(13-5-4-11(23)8-15(13)34-20(24)25)17(35-21(10,2)22(26,27)28)19(33)31-12-6-7-30-14(9-12)18(32)29-3/h4-10,16-17,20H,1-3H3,(H,29,32)(H,30,31,33)/t10-,16-,17+,21+/m0/s1. The highest BCUT2D eigenvalue weighted by molar-refractivity contribution is 5.97. The summed E-state index contributed by atoms with van der Waals surface area (Å²) in [7, 11) is 1.35. The van der Waals surface area contributed by atoms with Crippen LogP contribution in [0.4, 0.5) is 32.0 Å². The number of nitrogens with zero attached hydrogens (tertiary/aromatic N) is 1. The molecule has 1 aliphatic rings. The van der Waals surface area contributed by atoms with Gasteiger partial charge in [0.25, 0.3) is 11.8 Å². The summed E-state index contributed by atoms with van der Waals surface area (Å²) < 4.78 is 91.2. The van der Waals surface area contributed by atoms with Crippen LogP contribution >= 0.6 is 0 Å². The highest BCUT2D eigenvalue weighted by atomic mass is 19.4. The van der Waals surface area contributed by atoms with E-state index in [2.05, 4.69) is 20.4 Å². The maximum absolute atomic E-state index is 14.0. The van der Waals surface area contributed by atoms with Gasteiger partial charge in [-0.05, 0) is 25.1 Å². The summed E-state index contributed by atoms with van der Waals surface area (Å²) in [6.45, 7) is -1.50. The van der Waals surface area contributed by atoms with Gasteiger partial charge in [-0.2, -0.15) is 22.0 Å². The number of pyridine rings is 1. The molecule has 0 aliphatic carbocycles. The van der Waals surface area contributed by atoms with Crippen LogP contribution in [0.5, 0.6) is 5.75 Å². The number of carbonyl (C=O) groups is 2. The first-order chi connectivity index (χ1) is 16.3. The van der Waals surface area contributed by atoms with Crippen molar-refractivity contribution < 1.29 is 45.4 Å². The van der Waals surface area contributed by atoms with E-state index in [4.69, 9.17) is 4.74 Å². The van der Waals surface area contributed by atoms with E-state index in [0.29, 0.717) is 6.07 Å². The molecule has 2 heterocycles. The van der Waals surface area contributed by atoms with Gasteiger partial charge in [-0.25, -0.2) is 4.39 Å². The zero-order chi connectivity index (χ0) is 26.1. The molecule has 35 heavy (non-hydrogen) atoms. The Bertz CT molecular complexity index is 1110. The largest absolute Gasteiger partial charge is 0.434 e. The second-order valence-electron chi connectivity index (χ2n) is 8.02. The molecule has 4 atom stereocenters. The van der Waals surface area contributed by atoms with Crippen molar-refractivity contribution in [3.05, 3.63) is 53.6 Å². The molecule has 7 nitrogen and oxygen atoms in total. The van der Waals surface area contributed by atoms with Gasteiger partial charge in [0.1, 0.15) is 23.4 Å². The first-order valence-corrected chi connectivity index (χ1v) is 10.3. The van der Waals surface area contributed by atoms with Crippen LogP contribution in [-0.4, -0.2) is 48.3 Å². The number of rotatable bonds is 6. The topological polar surface area (TPSA) is 89.6 Å². The van der Waals surface area contributed by atoms with Crippen LogP contribution in [0.25, 0.3) is 0 Å². The molecule has 0 spiro atoms.